The Morgan fingerprint density at radius 1 is 0.481 bits per heavy atom. The maximum atomic E-state index is 10.3. The van der Waals surface area contributed by atoms with Crippen molar-refractivity contribution in [3.8, 4) is 0 Å². The molecule has 15 heteroatoms. The summed E-state index contributed by atoms with van der Waals surface area (Å²) in [6.45, 7) is 0. The summed E-state index contributed by atoms with van der Waals surface area (Å²) in [5, 5.41) is 67.6. The summed E-state index contributed by atoms with van der Waals surface area (Å²) >= 11 is 0. The predicted octanol–water partition coefficient (Wildman–Crippen LogP) is -3.32. The Hall–Kier alpha value is -3.30. The average Bonchev–Trinajstić information content (AvgIpc) is 2.34. The van der Waals surface area contributed by atoms with E-state index < -0.39 is 72.7 Å². The molecule has 0 aliphatic rings. The third kappa shape index (κ3) is 11.8. The summed E-state index contributed by atoms with van der Waals surface area (Å²) < 4.78 is 0. The van der Waals surface area contributed by atoms with Crippen molar-refractivity contribution in [2.24, 2.45) is 0 Å². The van der Waals surface area contributed by atoms with Gasteiger partial charge in [0.1, 0.15) is 0 Å². The van der Waals surface area contributed by atoms with Crippen LogP contribution in [-0.4, -0.2) is 93.3 Å². The molecule has 0 spiro atoms. The van der Waals surface area contributed by atoms with Gasteiger partial charge < -0.3 is 46.3 Å². The van der Waals surface area contributed by atoms with Crippen LogP contribution in [0.4, 0.5) is 0 Å². The summed E-state index contributed by atoms with van der Waals surface area (Å²) in [5.41, 5.74) is -5.48. The van der Waals surface area contributed by atoms with E-state index in [2.05, 4.69) is 0 Å². The second kappa shape index (κ2) is 11.3. The zero-order chi connectivity index (χ0) is 21.3. The molecule has 0 aromatic heterocycles. The molecule has 0 unspecified atom stereocenters. The van der Waals surface area contributed by atoms with Gasteiger partial charge in [-0.15, -0.1) is 0 Å². The molecule has 0 radical (unpaired) electrons. The quantitative estimate of drug-likeness (QED) is 0.177. The number of aliphatic carboxylic acids is 6. The van der Waals surface area contributed by atoms with Crippen LogP contribution in [0, 0.1) is 0 Å². The van der Waals surface area contributed by atoms with Crippen LogP contribution in [0.5, 0.6) is 0 Å². The third-order valence-corrected chi connectivity index (χ3v) is 2.57. The van der Waals surface area contributed by atoms with E-state index in [1.807, 2.05) is 0 Å². The lowest BCUT2D eigenvalue weighted by atomic mass is 9.96. The van der Waals surface area contributed by atoms with E-state index in [1.165, 1.54) is 0 Å². The Morgan fingerprint density at radius 2 is 0.630 bits per heavy atom. The van der Waals surface area contributed by atoms with Crippen molar-refractivity contribution in [2.45, 2.75) is 36.9 Å². The second-order valence-electron chi connectivity index (χ2n) is 4.96. The normalized spacial score (nSPS) is 10.4. The molecule has 156 valence electrons. The summed E-state index contributed by atoms with van der Waals surface area (Å²) in [6.07, 6.45) is -4.58. The minimum atomic E-state index is -2.74. The van der Waals surface area contributed by atoms with Gasteiger partial charge in [0, 0.05) is 0 Å². The van der Waals surface area contributed by atoms with Crippen LogP contribution in [0.25, 0.3) is 0 Å². The summed E-state index contributed by atoms with van der Waals surface area (Å²) in [7, 11) is 0. The number of hydrogen-bond acceptors (Lipinski definition) is 8. The van der Waals surface area contributed by atoms with Gasteiger partial charge in [0.25, 0.3) is 0 Å². The summed E-state index contributed by atoms with van der Waals surface area (Å²) in [5.74, 6) is -10.0. The van der Waals surface area contributed by atoms with Crippen molar-refractivity contribution in [1.29, 1.82) is 0 Å². The van der Waals surface area contributed by atoms with Crippen LogP contribution < -0.4 is 0 Å². The standard InChI is InChI=1S/2C6H8O7.H2O/c2*7-3(8)1-6(13,5(11)12)2-4(9)10;/h2*13H,1-2H2,(H,7,8)(H,9,10)(H,11,12);1H2. The van der Waals surface area contributed by atoms with Gasteiger partial charge in [0.05, 0.1) is 25.7 Å². The van der Waals surface area contributed by atoms with Crippen molar-refractivity contribution >= 4 is 35.8 Å². The highest BCUT2D eigenvalue weighted by Crippen LogP contribution is 2.16. The van der Waals surface area contributed by atoms with Crippen molar-refractivity contribution in [2.75, 3.05) is 0 Å². The zero-order valence-corrected chi connectivity index (χ0v) is 13.4. The largest absolute Gasteiger partial charge is 0.481 e. The van der Waals surface area contributed by atoms with E-state index in [-0.39, 0.29) is 5.48 Å². The Labute approximate surface area is 149 Å². The van der Waals surface area contributed by atoms with Crippen molar-refractivity contribution in [3.05, 3.63) is 0 Å². The lowest BCUT2D eigenvalue weighted by Gasteiger charge is -2.18. The molecule has 0 rings (SSSR count). The fourth-order valence-corrected chi connectivity index (χ4v) is 1.43. The molecule has 0 bridgehead atoms. The van der Waals surface area contributed by atoms with Crippen molar-refractivity contribution in [3.63, 3.8) is 0 Å². The van der Waals surface area contributed by atoms with Gasteiger partial charge in [0.2, 0.25) is 0 Å². The number of rotatable bonds is 10. The van der Waals surface area contributed by atoms with Crippen LogP contribution in [0.3, 0.4) is 0 Å². The maximum Gasteiger partial charge on any atom is 0.336 e. The van der Waals surface area contributed by atoms with E-state index in [4.69, 9.17) is 40.9 Å². The molecule has 0 amide bonds. The van der Waals surface area contributed by atoms with Gasteiger partial charge >= 0.3 is 35.8 Å². The molecule has 0 heterocycles. The molecule has 0 saturated heterocycles. The fraction of sp³-hybridized carbons (Fsp3) is 0.500. The summed E-state index contributed by atoms with van der Waals surface area (Å²) in [6, 6.07) is 0. The topological polar surface area (TPSA) is 296 Å². The van der Waals surface area contributed by atoms with Gasteiger partial charge in [-0.05, 0) is 0 Å². The first-order chi connectivity index (χ1) is 11.6. The van der Waals surface area contributed by atoms with Crippen LogP contribution in [-0.2, 0) is 28.8 Å². The van der Waals surface area contributed by atoms with Crippen LogP contribution >= 0.6 is 0 Å². The van der Waals surface area contributed by atoms with E-state index in [0.717, 1.165) is 0 Å². The predicted molar refractivity (Wildman–Crippen MR) is 77.8 cm³/mol. The molecule has 10 N–H and O–H groups in total. The van der Waals surface area contributed by atoms with Gasteiger partial charge in [-0.25, -0.2) is 9.59 Å². The highest BCUT2D eigenvalue weighted by atomic mass is 16.4. The Kier molecular flexibility index (Phi) is 12.0. The van der Waals surface area contributed by atoms with Crippen LogP contribution in [0.2, 0.25) is 0 Å². The molecule has 0 saturated carbocycles. The third-order valence-electron chi connectivity index (χ3n) is 2.57. The SMILES string of the molecule is O.O=C(O)CC(O)(CC(=O)O)C(=O)O.O=C(O)CC(O)(CC(=O)O)C(=O)O. The van der Waals surface area contributed by atoms with Crippen molar-refractivity contribution in [1.82, 2.24) is 0 Å². The van der Waals surface area contributed by atoms with Gasteiger partial charge in [-0.2, -0.15) is 0 Å². The van der Waals surface area contributed by atoms with E-state index >= 15 is 0 Å². The first-order valence-corrected chi connectivity index (χ1v) is 6.34. The van der Waals surface area contributed by atoms with Gasteiger partial charge in [-0.3, -0.25) is 19.2 Å². The molecule has 0 aromatic rings. The Morgan fingerprint density at radius 3 is 0.704 bits per heavy atom. The smallest absolute Gasteiger partial charge is 0.336 e. The average molecular weight is 402 g/mol. The molecular weight excluding hydrogens is 384 g/mol. The van der Waals surface area contributed by atoms with Crippen LogP contribution in [0.1, 0.15) is 25.7 Å². The fourth-order valence-electron chi connectivity index (χ4n) is 1.43. The molecule has 0 fully saturated rings. The number of aliphatic hydroxyl groups is 2. The number of carboxylic acid groups (broad SMARTS) is 6. The maximum absolute atomic E-state index is 10.3. The number of carboxylic acids is 6. The summed E-state index contributed by atoms with van der Waals surface area (Å²) in [4.78, 5) is 61.0. The molecule has 0 aliphatic carbocycles. The molecule has 0 aromatic carbocycles. The Bertz CT molecular complexity index is 508. The van der Waals surface area contributed by atoms with Crippen LogP contribution in [0.15, 0.2) is 0 Å². The second-order valence-corrected chi connectivity index (χ2v) is 4.96. The first kappa shape index (κ1) is 28.5. The number of carbonyl (C=O) groups is 6. The molecule has 15 nitrogen and oxygen atoms in total. The van der Waals surface area contributed by atoms with E-state index in [0.29, 0.717) is 0 Å². The van der Waals surface area contributed by atoms with Gasteiger partial charge in [-0.1, -0.05) is 0 Å². The number of hydrogen-bond donors (Lipinski definition) is 8. The minimum Gasteiger partial charge on any atom is -0.481 e. The molecule has 27 heavy (non-hydrogen) atoms. The van der Waals surface area contributed by atoms with Crippen molar-refractivity contribution < 1.29 is 75.1 Å². The lowest BCUT2D eigenvalue weighted by molar-refractivity contribution is -0.170. The highest BCUT2D eigenvalue weighted by molar-refractivity contribution is 5.88. The molecule has 0 atom stereocenters. The monoisotopic (exact) mass is 402 g/mol. The first-order valence-electron chi connectivity index (χ1n) is 6.34. The van der Waals surface area contributed by atoms with Gasteiger partial charge in [0.15, 0.2) is 11.2 Å². The lowest BCUT2D eigenvalue weighted by Crippen LogP contribution is -2.42. The van der Waals surface area contributed by atoms with E-state index in [1.54, 1.807) is 0 Å². The Balaban J connectivity index is -0.000000411. The zero-order valence-electron chi connectivity index (χ0n) is 13.4. The minimum absolute atomic E-state index is 0. The molecule has 0 aliphatic heterocycles. The highest BCUT2D eigenvalue weighted by Gasteiger charge is 2.41. The van der Waals surface area contributed by atoms with E-state index in [9.17, 15) is 28.8 Å². The molecular formula is C12H18O15.